The summed E-state index contributed by atoms with van der Waals surface area (Å²) < 4.78 is 5.69. The lowest BCUT2D eigenvalue weighted by Gasteiger charge is -2.10. The van der Waals surface area contributed by atoms with E-state index >= 15 is 0 Å². The number of hydroxylamine groups is 1. The molecule has 0 aromatic heterocycles. The van der Waals surface area contributed by atoms with E-state index in [1.54, 1.807) is 0 Å². The monoisotopic (exact) mass is 332 g/mol. The zero-order chi connectivity index (χ0) is 16.5. The van der Waals surface area contributed by atoms with Crippen molar-refractivity contribution < 1.29 is 19.5 Å². The van der Waals surface area contributed by atoms with E-state index in [4.69, 9.17) is 26.9 Å². The number of carboxylic acid groups (broad SMARTS) is 1. The van der Waals surface area contributed by atoms with Gasteiger partial charge in [0.15, 0.2) is 6.61 Å². The van der Waals surface area contributed by atoms with Crippen molar-refractivity contribution >= 4 is 28.9 Å². The highest BCUT2D eigenvalue weighted by atomic mass is 32.1. The van der Waals surface area contributed by atoms with Crippen LogP contribution in [0.25, 0.3) is 0 Å². The number of ether oxygens (including phenoxy) is 1. The Morgan fingerprint density at radius 3 is 2.35 bits per heavy atom. The summed E-state index contributed by atoms with van der Waals surface area (Å²) in [4.78, 5) is 15.4. The van der Waals surface area contributed by atoms with E-state index in [1.807, 2.05) is 54.6 Å². The molecule has 0 saturated heterocycles. The molecule has 7 heteroatoms. The molecule has 2 rings (SSSR count). The number of hydrogen-bond acceptors (Lipinski definition) is 5. The van der Waals surface area contributed by atoms with E-state index < -0.39 is 12.6 Å². The second kappa shape index (κ2) is 8.84. The Hall–Kier alpha value is -2.48. The van der Waals surface area contributed by atoms with Crippen LogP contribution < -0.4 is 15.5 Å². The minimum absolute atomic E-state index is 0.213. The van der Waals surface area contributed by atoms with Crippen molar-refractivity contribution in [3.05, 3.63) is 54.6 Å². The number of carbonyl (C=O) groups is 1. The lowest BCUT2D eigenvalue weighted by Crippen LogP contribution is -2.28. The molecule has 0 radical (unpaired) electrons. The molecule has 0 fully saturated rings. The first-order valence-electron chi connectivity index (χ1n) is 6.83. The van der Waals surface area contributed by atoms with Gasteiger partial charge in [0, 0.05) is 5.69 Å². The molecule has 23 heavy (non-hydrogen) atoms. The molecule has 120 valence electrons. The second-order valence-corrected chi connectivity index (χ2v) is 4.98. The first kappa shape index (κ1) is 16.9. The Morgan fingerprint density at radius 2 is 1.70 bits per heavy atom. The average molecular weight is 332 g/mol. The minimum Gasteiger partial charge on any atom is -0.479 e. The molecule has 2 aromatic rings. The van der Waals surface area contributed by atoms with Gasteiger partial charge in [0.25, 0.3) is 0 Å². The molecule has 0 aliphatic heterocycles. The number of aliphatic carboxylic acids is 1. The third-order valence-electron chi connectivity index (χ3n) is 2.65. The van der Waals surface area contributed by atoms with E-state index in [9.17, 15) is 4.79 Å². The van der Waals surface area contributed by atoms with Gasteiger partial charge < -0.3 is 15.2 Å². The quantitative estimate of drug-likeness (QED) is 0.390. The predicted molar refractivity (Wildman–Crippen MR) is 90.8 cm³/mol. The Balaban J connectivity index is 1.78. The van der Waals surface area contributed by atoms with Crippen molar-refractivity contribution in [1.29, 1.82) is 0 Å². The first-order valence-corrected chi connectivity index (χ1v) is 7.23. The van der Waals surface area contributed by atoms with Crippen LogP contribution >= 0.6 is 12.2 Å². The maximum atomic E-state index is 10.3. The third-order valence-corrected chi connectivity index (χ3v) is 2.89. The van der Waals surface area contributed by atoms with Crippen molar-refractivity contribution in [3.8, 4) is 11.5 Å². The number of hydrogen-bond donors (Lipinski definition) is 3. The molecule has 0 heterocycles. The normalized spacial score (nSPS) is 10.1. The highest BCUT2D eigenvalue weighted by molar-refractivity contribution is 7.80. The van der Waals surface area contributed by atoms with E-state index in [0.29, 0.717) is 4.99 Å². The van der Waals surface area contributed by atoms with Crippen LogP contribution in [0.2, 0.25) is 0 Å². The average Bonchev–Trinajstić information content (AvgIpc) is 2.54. The molecule has 0 spiro atoms. The van der Waals surface area contributed by atoms with Gasteiger partial charge in [0.2, 0.25) is 0 Å². The molecular weight excluding hydrogens is 316 g/mol. The van der Waals surface area contributed by atoms with Crippen LogP contribution in [0, 0.1) is 0 Å². The molecule has 3 N–H and O–H groups in total. The topological polar surface area (TPSA) is 79.8 Å². The fourth-order valence-electron chi connectivity index (χ4n) is 1.67. The number of para-hydroxylation sites is 1. The van der Waals surface area contributed by atoms with Gasteiger partial charge in [0.05, 0.1) is 11.5 Å². The maximum Gasteiger partial charge on any atom is 0.331 e. The number of nitrogens with one attached hydrogen (secondary N) is 2. The van der Waals surface area contributed by atoms with Crippen LogP contribution in [0.4, 0.5) is 5.69 Å². The molecule has 0 aliphatic carbocycles. The van der Waals surface area contributed by atoms with E-state index in [1.165, 1.54) is 0 Å². The Kier molecular flexibility index (Phi) is 6.49. The van der Waals surface area contributed by atoms with Crippen molar-refractivity contribution in [2.24, 2.45) is 0 Å². The lowest BCUT2D eigenvalue weighted by molar-refractivity contribution is -0.144. The number of thiocarbonyl (C=S) groups is 1. The first-order chi connectivity index (χ1) is 11.1. The molecule has 6 nitrogen and oxygen atoms in total. The molecule has 2 aromatic carbocycles. The van der Waals surface area contributed by atoms with Crippen LogP contribution in [0.1, 0.15) is 0 Å². The Morgan fingerprint density at radius 1 is 1.04 bits per heavy atom. The number of anilines is 1. The van der Waals surface area contributed by atoms with Gasteiger partial charge in [-0.25, -0.2) is 4.79 Å². The predicted octanol–water partition coefficient (Wildman–Crippen LogP) is 2.82. The minimum atomic E-state index is -1.05. The van der Waals surface area contributed by atoms with Gasteiger partial charge >= 0.3 is 5.97 Å². The fourth-order valence-corrected chi connectivity index (χ4v) is 1.84. The van der Waals surface area contributed by atoms with Gasteiger partial charge in [-0.3, -0.25) is 4.84 Å². The molecule has 0 unspecified atom stereocenters. The van der Waals surface area contributed by atoms with Crippen LogP contribution in [-0.2, 0) is 9.63 Å². The number of rotatable bonds is 8. The second-order valence-electron chi connectivity index (χ2n) is 4.49. The maximum absolute atomic E-state index is 10.3. The Bertz CT molecular complexity index is 647. The molecule has 0 aliphatic rings. The largest absolute Gasteiger partial charge is 0.479 e. The standard InChI is InChI=1S/C16H16N2O4S/c19-16(20)11-21-17-10-15(23)18-12-6-8-14(9-7-12)22-13-4-2-1-3-5-13/h1-9,17H,10-11H2,(H,18,23)(H,19,20). The molecule has 0 amide bonds. The van der Waals surface area contributed by atoms with Crippen molar-refractivity contribution in [2.75, 3.05) is 18.5 Å². The van der Waals surface area contributed by atoms with Crippen molar-refractivity contribution in [2.45, 2.75) is 0 Å². The van der Waals surface area contributed by atoms with E-state index in [0.717, 1.165) is 17.2 Å². The summed E-state index contributed by atoms with van der Waals surface area (Å²) in [6.07, 6.45) is 0. The highest BCUT2D eigenvalue weighted by Crippen LogP contribution is 2.22. The number of carboxylic acids is 1. The smallest absolute Gasteiger partial charge is 0.331 e. The summed E-state index contributed by atoms with van der Waals surface area (Å²) >= 11 is 5.12. The van der Waals surface area contributed by atoms with Crippen molar-refractivity contribution in [1.82, 2.24) is 5.48 Å². The summed E-state index contributed by atoms with van der Waals surface area (Å²) in [5, 5.41) is 11.4. The SMILES string of the molecule is O=C(O)CONCC(=S)Nc1ccc(Oc2ccccc2)cc1. The molecule has 0 saturated carbocycles. The zero-order valence-electron chi connectivity index (χ0n) is 12.2. The summed E-state index contributed by atoms with van der Waals surface area (Å²) in [5.41, 5.74) is 3.27. The number of benzene rings is 2. The van der Waals surface area contributed by atoms with Crippen molar-refractivity contribution in [3.63, 3.8) is 0 Å². The van der Waals surface area contributed by atoms with Crippen LogP contribution in [0.5, 0.6) is 11.5 Å². The summed E-state index contributed by atoms with van der Waals surface area (Å²) in [5.74, 6) is 0.435. The van der Waals surface area contributed by atoms with Gasteiger partial charge in [-0.1, -0.05) is 30.4 Å². The van der Waals surface area contributed by atoms with Gasteiger partial charge in [-0.2, -0.15) is 5.48 Å². The molecule has 0 atom stereocenters. The fraction of sp³-hybridized carbons (Fsp3) is 0.125. The van der Waals surface area contributed by atoms with Gasteiger partial charge in [-0.15, -0.1) is 0 Å². The van der Waals surface area contributed by atoms with Gasteiger partial charge in [-0.05, 0) is 36.4 Å². The highest BCUT2D eigenvalue weighted by Gasteiger charge is 2.01. The van der Waals surface area contributed by atoms with Crippen LogP contribution in [-0.4, -0.2) is 29.2 Å². The van der Waals surface area contributed by atoms with Crippen LogP contribution in [0.15, 0.2) is 54.6 Å². The summed E-state index contributed by atoms with van der Waals surface area (Å²) in [6, 6.07) is 16.8. The molecule has 0 bridgehead atoms. The summed E-state index contributed by atoms with van der Waals surface area (Å²) in [6.45, 7) is -0.209. The lowest BCUT2D eigenvalue weighted by atomic mass is 10.3. The summed E-state index contributed by atoms with van der Waals surface area (Å²) in [7, 11) is 0. The van der Waals surface area contributed by atoms with Gasteiger partial charge in [0.1, 0.15) is 11.5 Å². The zero-order valence-corrected chi connectivity index (χ0v) is 13.0. The van der Waals surface area contributed by atoms with E-state index in [-0.39, 0.29) is 6.54 Å². The third kappa shape index (κ3) is 6.43. The van der Waals surface area contributed by atoms with E-state index in [2.05, 4.69) is 10.8 Å². The molecular formula is C16H16N2O4S. The van der Waals surface area contributed by atoms with Crippen LogP contribution in [0.3, 0.4) is 0 Å². The Labute approximate surface area is 139 Å².